The van der Waals surface area contributed by atoms with Gasteiger partial charge in [-0.1, -0.05) is 13.0 Å². The third-order valence-electron chi connectivity index (χ3n) is 6.85. The van der Waals surface area contributed by atoms with E-state index in [9.17, 15) is 4.79 Å². The number of rotatable bonds is 5. The zero-order valence-electron chi connectivity index (χ0n) is 18.4. The SMILES string of the molecule is CC[C@@H](NC(=O)C1CCN(c2nc(C)c3cc4c(cc3n2)CCC4)CC1)c1cccs1. The summed E-state index contributed by atoms with van der Waals surface area (Å²) >= 11 is 1.71. The fraction of sp³-hybridized carbons (Fsp3) is 0.480. The summed E-state index contributed by atoms with van der Waals surface area (Å²) in [5, 5.41) is 6.52. The lowest BCUT2D eigenvalue weighted by Crippen LogP contribution is -2.42. The van der Waals surface area contributed by atoms with E-state index >= 15 is 0 Å². The third kappa shape index (κ3) is 4.05. The summed E-state index contributed by atoms with van der Waals surface area (Å²) in [6.07, 6.45) is 6.18. The average Bonchev–Trinajstić information content (AvgIpc) is 3.48. The Kier molecular flexibility index (Phi) is 5.65. The van der Waals surface area contributed by atoms with Crippen LogP contribution in [0.1, 0.15) is 60.3 Å². The van der Waals surface area contributed by atoms with E-state index in [1.807, 2.05) is 6.07 Å². The Morgan fingerprint density at radius 1 is 1.23 bits per heavy atom. The molecule has 0 unspecified atom stereocenters. The second kappa shape index (κ2) is 8.58. The minimum absolute atomic E-state index is 0.0649. The first-order valence-electron chi connectivity index (χ1n) is 11.5. The van der Waals surface area contributed by atoms with Crippen LogP contribution in [-0.4, -0.2) is 29.0 Å². The molecular formula is C25H30N4OS. The van der Waals surface area contributed by atoms with Crippen molar-refractivity contribution in [2.24, 2.45) is 5.92 Å². The molecule has 1 aliphatic carbocycles. The van der Waals surface area contributed by atoms with Crippen molar-refractivity contribution >= 4 is 34.1 Å². The predicted octanol–water partition coefficient (Wildman–Crippen LogP) is 4.97. The number of anilines is 1. The molecule has 5 rings (SSSR count). The first-order valence-corrected chi connectivity index (χ1v) is 12.4. The molecule has 1 saturated heterocycles. The minimum atomic E-state index is 0.0649. The van der Waals surface area contributed by atoms with Gasteiger partial charge in [-0.25, -0.2) is 9.97 Å². The minimum Gasteiger partial charge on any atom is -0.348 e. The molecule has 3 aromatic rings. The number of aromatic nitrogens is 2. The first-order chi connectivity index (χ1) is 15.1. The van der Waals surface area contributed by atoms with Crippen molar-refractivity contribution in [2.75, 3.05) is 18.0 Å². The Morgan fingerprint density at radius 2 is 2.00 bits per heavy atom. The summed E-state index contributed by atoms with van der Waals surface area (Å²) in [6, 6.07) is 8.85. The van der Waals surface area contributed by atoms with Crippen molar-refractivity contribution in [3.05, 3.63) is 51.3 Å². The third-order valence-corrected chi connectivity index (χ3v) is 7.83. The molecule has 0 saturated carbocycles. The predicted molar refractivity (Wildman–Crippen MR) is 127 cm³/mol. The van der Waals surface area contributed by atoms with Gasteiger partial charge in [0.15, 0.2) is 0 Å². The van der Waals surface area contributed by atoms with Crippen LogP contribution < -0.4 is 10.2 Å². The maximum atomic E-state index is 12.9. The summed E-state index contributed by atoms with van der Waals surface area (Å²) < 4.78 is 0. The second-order valence-electron chi connectivity index (χ2n) is 8.85. The number of carbonyl (C=O) groups excluding carboxylic acids is 1. The van der Waals surface area contributed by atoms with Crippen molar-refractivity contribution < 1.29 is 4.79 Å². The molecule has 0 radical (unpaired) electrons. The quantitative estimate of drug-likeness (QED) is 0.616. The average molecular weight is 435 g/mol. The number of benzene rings is 1. The molecule has 162 valence electrons. The fourth-order valence-electron chi connectivity index (χ4n) is 4.97. The molecule has 2 aliphatic rings. The highest BCUT2D eigenvalue weighted by Crippen LogP contribution is 2.30. The molecule has 2 aromatic heterocycles. The van der Waals surface area contributed by atoms with Crippen LogP contribution in [-0.2, 0) is 17.6 Å². The Bertz CT molecular complexity index is 1090. The monoisotopic (exact) mass is 434 g/mol. The largest absolute Gasteiger partial charge is 0.348 e. The summed E-state index contributed by atoms with van der Waals surface area (Å²) in [5.74, 6) is 1.06. The van der Waals surface area contributed by atoms with Crippen LogP contribution in [0.4, 0.5) is 5.95 Å². The molecule has 1 amide bonds. The van der Waals surface area contributed by atoms with E-state index in [2.05, 4.69) is 47.6 Å². The zero-order chi connectivity index (χ0) is 21.4. The van der Waals surface area contributed by atoms with Gasteiger partial charge in [-0.05, 0) is 80.2 Å². The molecule has 6 heteroatoms. The van der Waals surface area contributed by atoms with Gasteiger partial charge in [0.1, 0.15) is 0 Å². The highest BCUT2D eigenvalue weighted by molar-refractivity contribution is 7.10. The number of fused-ring (bicyclic) bond motifs is 2. The summed E-state index contributed by atoms with van der Waals surface area (Å²) in [6.45, 7) is 5.86. The van der Waals surface area contributed by atoms with Crippen molar-refractivity contribution in [1.29, 1.82) is 0 Å². The molecule has 1 atom stereocenters. The topological polar surface area (TPSA) is 58.1 Å². The normalized spacial score (nSPS) is 17.7. The Balaban J connectivity index is 1.26. The number of nitrogens with one attached hydrogen (secondary N) is 1. The molecule has 31 heavy (non-hydrogen) atoms. The number of hydrogen-bond donors (Lipinski definition) is 1. The molecule has 1 N–H and O–H groups in total. The Hall–Kier alpha value is -2.47. The Labute approximate surface area is 187 Å². The highest BCUT2D eigenvalue weighted by Gasteiger charge is 2.28. The number of carbonyl (C=O) groups is 1. The van der Waals surface area contributed by atoms with Crippen molar-refractivity contribution in [1.82, 2.24) is 15.3 Å². The molecule has 1 aliphatic heterocycles. The summed E-state index contributed by atoms with van der Waals surface area (Å²) in [4.78, 5) is 26.1. The van der Waals surface area contributed by atoms with Crippen molar-refractivity contribution in [2.45, 2.75) is 58.4 Å². The molecular weight excluding hydrogens is 404 g/mol. The number of thiophene rings is 1. The maximum absolute atomic E-state index is 12.9. The number of piperidine rings is 1. The van der Waals surface area contributed by atoms with Gasteiger partial charge in [0.25, 0.3) is 0 Å². The molecule has 0 bridgehead atoms. The van der Waals surface area contributed by atoms with Gasteiger partial charge in [-0.15, -0.1) is 11.3 Å². The van der Waals surface area contributed by atoms with Gasteiger partial charge >= 0.3 is 0 Å². The van der Waals surface area contributed by atoms with E-state index in [1.165, 1.54) is 34.2 Å². The van der Waals surface area contributed by atoms with Gasteiger partial charge in [-0.2, -0.15) is 0 Å². The van der Waals surface area contributed by atoms with Crippen molar-refractivity contribution in [3.63, 3.8) is 0 Å². The van der Waals surface area contributed by atoms with Crippen LogP contribution in [0.15, 0.2) is 29.6 Å². The van der Waals surface area contributed by atoms with Crippen LogP contribution in [0.5, 0.6) is 0 Å². The number of hydrogen-bond acceptors (Lipinski definition) is 5. The van der Waals surface area contributed by atoms with E-state index < -0.39 is 0 Å². The molecule has 0 spiro atoms. The van der Waals surface area contributed by atoms with Crippen LogP contribution in [0.25, 0.3) is 10.9 Å². The van der Waals surface area contributed by atoms with E-state index in [0.717, 1.165) is 55.9 Å². The van der Waals surface area contributed by atoms with Gasteiger partial charge in [0.2, 0.25) is 11.9 Å². The summed E-state index contributed by atoms with van der Waals surface area (Å²) in [7, 11) is 0. The second-order valence-corrected chi connectivity index (χ2v) is 9.83. The van der Waals surface area contributed by atoms with Crippen LogP contribution >= 0.6 is 11.3 Å². The van der Waals surface area contributed by atoms with E-state index in [4.69, 9.17) is 9.97 Å². The number of nitrogens with zero attached hydrogens (tertiary/aromatic N) is 3. The van der Waals surface area contributed by atoms with E-state index in [1.54, 1.807) is 11.3 Å². The van der Waals surface area contributed by atoms with Crippen molar-refractivity contribution in [3.8, 4) is 0 Å². The van der Waals surface area contributed by atoms with Crippen LogP contribution in [0, 0.1) is 12.8 Å². The van der Waals surface area contributed by atoms with Gasteiger partial charge in [-0.3, -0.25) is 4.79 Å². The highest BCUT2D eigenvalue weighted by atomic mass is 32.1. The number of aryl methyl sites for hydroxylation is 3. The fourth-order valence-corrected chi connectivity index (χ4v) is 5.83. The number of amides is 1. The summed E-state index contributed by atoms with van der Waals surface area (Å²) in [5.41, 5.74) is 5.02. The lowest BCUT2D eigenvalue weighted by molar-refractivity contribution is -0.126. The van der Waals surface area contributed by atoms with Crippen LogP contribution in [0.3, 0.4) is 0 Å². The molecule has 5 nitrogen and oxygen atoms in total. The van der Waals surface area contributed by atoms with Crippen LogP contribution in [0.2, 0.25) is 0 Å². The zero-order valence-corrected chi connectivity index (χ0v) is 19.2. The maximum Gasteiger partial charge on any atom is 0.226 e. The molecule has 1 fully saturated rings. The Morgan fingerprint density at radius 3 is 2.71 bits per heavy atom. The first kappa shape index (κ1) is 20.4. The lowest BCUT2D eigenvalue weighted by atomic mass is 9.95. The molecule has 3 heterocycles. The van der Waals surface area contributed by atoms with Gasteiger partial charge in [0.05, 0.1) is 17.3 Å². The van der Waals surface area contributed by atoms with Gasteiger partial charge in [0, 0.05) is 29.3 Å². The molecule has 1 aromatic carbocycles. The van der Waals surface area contributed by atoms with E-state index in [-0.39, 0.29) is 17.9 Å². The standard InChI is InChI=1S/C25H30N4OS/c1-3-21(23-8-5-13-31-23)27-24(30)17-9-11-29(12-10-17)25-26-16(2)20-14-18-6-4-7-19(18)15-22(20)28-25/h5,8,13-15,17,21H,3-4,6-7,9-12H2,1-2H3,(H,27,30)/t21-/m1/s1. The van der Waals surface area contributed by atoms with E-state index in [0.29, 0.717) is 0 Å². The van der Waals surface area contributed by atoms with Gasteiger partial charge < -0.3 is 10.2 Å². The lowest BCUT2D eigenvalue weighted by Gasteiger charge is -2.32. The smallest absolute Gasteiger partial charge is 0.226 e.